The van der Waals surface area contributed by atoms with Gasteiger partial charge in [0.25, 0.3) is 0 Å². The molecule has 0 fully saturated rings. The second-order valence-corrected chi connectivity index (χ2v) is 5.81. The third-order valence-corrected chi connectivity index (χ3v) is 4.02. The van der Waals surface area contributed by atoms with Crippen LogP contribution in [0.25, 0.3) is 5.57 Å². The number of fused-ring (bicyclic) bond motifs is 1. The van der Waals surface area contributed by atoms with E-state index in [9.17, 15) is 0 Å². The number of rotatable bonds is 2. The predicted octanol–water partition coefficient (Wildman–Crippen LogP) is 5.19. The number of aryl methyl sites for hydroxylation is 1. The monoisotopic (exact) mass is 238 g/mol. The summed E-state index contributed by atoms with van der Waals surface area (Å²) in [5, 5.41) is 0. The predicted molar refractivity (Wildman–Crippen MR) is 80.8 cm³/mol. The first kappa shape index (κ1) is 12.9. The first-order valence-electron chi connectivity index (χ1n) is 6.51. The number of hydrogen-bond donors (Lipinski definition) is 0. The van der Waals surface area contributed by atoms with Crippen LogP contribution in [-0.2, 0) is 5.41 Å². The van der Waals surface area contributed by atoms with Crippen LogP contribution in [0, 0.1) is 6.92 Å². The topological polar surface area (TPSA) is 0 Å². The van der Waals surface area contributed by atoms with E-state index in [0.29, 0.717) is 0 Å². The fraction of sp³-hybridized carbons (Fsp3) is 0.333. The van der Waals surface area contributed by atoms with Gasteiger partial charge in [0.15, 0.2) is 0 Å². The maximum atomic E-state index is 3.85. The van der Waals surface area contributed by atoms with Crippen LogP contribution in [0.4, 0.5) is 0 Å². The number of hydrogen-bond acceptors (Lipinski definition) is 0. The number of benzene rings is 1. The smallest absolute Gasteiger partial charge is 0.0155 e. The Kier molecular flexibility index (Phi) is 3.06. The summed E-state index contributed by atoms with van der Waals surface area (Å²) in [4.78, 5) is 0. The molecule has 0 radical (unpaired) electrons. The summed E-state index contributed by atoms with van der Waals surface area (Å²) in [5.41, 5.74) is 8.31. The van der Waals surface area contributed by atoms with E-state index in [1.54, 1.807) is 0 Å². The van der Waals surface area contributed by atoms with Crippen molar-refractivity contribution >= 4 is 5.57 Å². The van der Waals surface area contributed by atoms with Crippen LogP contribution < -0.4 is 0 Å². The molecule has 0 N–H and O–H groups in total. The van der Waals surface area contributed by atoms with Gasteiger partial charge in [-0.15, -0.1) is 0 Å². The van der Waals surface area contributed by atoms with Crippen molar-refractivity contribution in [2.45, 2.75) is 40.0 Å². The minimum Gasteiger partial charge on any atom is -0.0988 e. The Morgan fingerprint density at radius 1 is 1.22 bits per heavy atom. The van der Waals surface area contributed by atoms with E-state index in [1.807, 2.05) is 6.08 Å². The van der Waals surface area contributed by atoms with Crippen molar-refractivity contribution in [3.8, 4) is 0 Å². The van der Waals surface area contributed by atoms with E-state index < -0.39 is 0 Å². The van der Waals surface area contributed by atoms with Gasteiger partial charge >= 0.3 is 0 Å². The van der Waals surface area contributed by atoms with E-state index in [4.69, 9.17) is 0 Å². The Bertz CT molecular complexity index is 566. The molecule has 0 saturated carbocycles. The first-order chi connectivity index (χ1) is 8.37. The molecule has 0 bridgehead atoms. The average Bonchev–Trinajstić information content (AvgIpc) is 2.50. The highest BCUT2D eigenvalue weighted by atomic mass is 14.4. The molecule has 94 valence electrons. The van der Waals surface area contributed by atoms with Gasteiger partial charge in [0, 0.05) is 5.41 Å². The molecule has 18 heavy (non-hydrogen) atoms. The maximum Gasteiger partial charge on any atom is 0.0155 e. The van der Waals surface area contributed by atoms with Crippen LogP contribution in [0.2, 0.25) is 0 Å². The highest BCUT2D eigenvalue weighted by Gasteiger charge is 2.34. The molecule has 0 heterocycles. The molecule has 0 aliphatic heterocycles. The van der Waals surface area contributed by atoms with Crippen molar-refractivity contribution in [2.75, 3.05) is 0 Å². The Hall–Kier alpha value is -1.56. The zero-order valence-corrected chi connectivity index (χ0v) is 12.1. The van der Waals surface area contributed by atoms with Gasteiger partial charge in [-0.05, 0) is 43.0 Å². The average molecular weight is 238 g/mol. The molecule has 1 aromatic rings. The van der Waals surface area contributed by atoms with Gasteiger partial charge in [0.05, 0.1) is 0 Å². The third kappa shape index (κ3) is 1.86. The first-order valence-corrected chi connectivity index (χ1v) is 6.51. The van der Waals surface area contributed by atoms with Crippen molar-refractivity contribution in [1.82, 2.24) is 0 Å². The molecule has 0 amide bonds. The van der Waals surface area contributed by atoms with Crippen LogP contribution in [0.15, 0.2) is 48.1 Å². The summed E-state index contributed by atoms with van der Waals surface area (Å²) in [6.45, 7) is 15.0. The quantitative estimate of drug-likeness (QED) is 0.622. The lowest BCUT2D eigenvalue weighted by Gasteiger charge is -2.23. The lowest BCUT2D eigenvalue weighted by atomic mass is 9.80. The van der Waals surface area contributed by atoms with E-state index in [0.717, 1.165) is 0 Å². The summed E-state index contributed by atoms with van der Waals surface area (Å²) < 4.78 is 0. The minimum atomic E-state index is 0.0930. The summed E-state index contributed by atoms with van der Waals surface area (Å²) in [5.74, 6) is 0. The normalized spacial score (nSPS) is 17.9. The molecule has 0 atom stereocenters. The summed E-state index contributed by atoms with van der Waals surface area (Å²) in [6, 6.07) is 6.78. The van der Waals surface area contributed by atoms with Crippen LogP contribution >= 0.6 is 0 Å². The molecule has 0 saturated heterocycles. The summed E-state index contributed by atoms with van der Waals surface area (Å²) in [7, 11) is 0. The molecule has 1 aliphatic rings. The van der Waals surface area contributed by atoms with Crippen LogP contribution in [0.5, 0.6) is 0 Å². The summed E-state index contributed by atoms with van der Waals surface area (Å²) in [6.07, 6.45) is 4.20. The minimum absolute atomic E-state index is 0.0930. The zero-order chi connectivity index (χ0) is 13.5. The zero-order valence-electron chi connectivity index (χ0n) is 12.1. The molecule has 0 aromatic heterocycles. The molecule has 0 unspecified atom stereocenters. The largest absolute Gasteiger partial charge is 0.0988 e. The molecular formula is C18H22. The highest BCUT2D eigenvalue weighted by molar-refractivity contribution is 5.81. The molecule has 0 heteroatoms. The Balaban J connectivity index is 2.65. The van der Waals surface area contributed by atoms with Crippen LogP contribution in [0.1, 0.15) is 44.4 Å². The molecule has 1 aromatic carbocycles. The SMILES string of the molecule is C=C/C(C)=C\C1=C(C)c2ccc(C)cc2C1(C)C. The van der Waals surface area contributed by atoms with Gasteiger partial charge in [-0.2, -0.15) is 0 Å². The van der Waals surface area contributed by atoms with Crippen molar-refractivity contribution < 1.29 is 0 Å². The van der Waals surface area contributed by atoms with Gasteiger partial charge in [0.2, 0.25) is 0 Å². The number of allylic oxidation sites excluding steroid dienone is 5. The Morgan fingerprint density at radius 3 is 2.50 bits per heavy atom. The third-order valence-electron chi connectivity index (χ3n) is 4.02. The molecular weight excluding hydrogens is 216 g/mol. The van der Waals surface area contributed by atoms with Crippen LogP contribution in [-0.4, -0.2) is 0 Å². The fourth-order valence-electron chi connectivity index (χ4n) is 2.84. The molecule has 0 spiro atoms. The fourth-order valence-corrected chi connectivity index (χ4v) is 2.84. The van der Waals surface area contributed by atoms with Gasteiger partial charge < -0.3 is 0 Å². The van der Waals surface area contributed by atoms with Crippen molar-refractivity contribution in [2.24, 2.45) is 0 Å². The second kappa shape index (κ2) is 4.28. The Labute approximate surface area is 111 Å². The van der Waals surface area contributed by atoms with E-state index >= 15 is 0 Å². The lowest BCUT2D eigenvalue weighted by Crippen LogP contribution is -2.16. The van der Waals surface area contributed by atoms with Gasteiger partial charge in [-0.1, -0.05) is 61.9 Å². The van der Waals surface area contributed by atoms with E-state index in [-0.39, 0.29) is 5.41 Å². The summed E-state index contributed by atoms with van der Waals surface area (Å²) >= 11 is 0. The second-order valence-electron chi connectivity index (χ2n) is 5.81. The Morgan fingerprint density at radius 2 is 1.89 bits per heavy atom. The molecule has 2 rings (SSSR count). The van der Waals surface area contributed by atoms with Crippen molar-refractivity contribution in [3.63, 3.8) is 0 Å². The van der Waals surface area contributed by atoms with Crippen molar-refractivity contribution in [3.05, 3.63) is 64.8 Å². The van der Waals surface area contributed by atoms with Crippen LogP contribution in [0.3, 0.4) is 0 Å². The van der Waals surface area contributed by atoms with Gasteiger partial charge in [0.1, 0.15) is 0 Å². The molecule has 1 aliphatic carbocycles. The van der Waals surface area contributed by atoms with E-state index in [2.05, 4.69) is 65.5 Å². The molecule has 0 nitrogen and oxygen atoms in total. The maximum absolute atomic E-state index is 3.85. The standard InChI is InChI=1S/C18H22/c1-7-12(2)10-16-14(4)15-9-8-13(3)11-17(15)18(16,5)6/h7-11H,1H2,2-6H3/b12-10-. The van der Waals surface area contributed by atoms with Crippen molar-refractivity contribution in [1.29, 1.82) is 0 Å². The van der Waals surface area contributed by atoms with E-state index in [1.165, 1.54) is 33.4 Å². The lowest BCUT2D eigenvalue weighted by molar-refractivity contribution is 0.652. The van der Waals surface area contributed by atoms with Gasteiger partial charge in [-0.25, -0.2) is 0 Å². The van der Waals surface area contributed by atoms with Gasteiger partial charge in [-0.3, -0.25) is 0 Å². The highest BCUT2D eigenvalue weighted by Crippen LogP contribution is 2.47.